The van der Waals surface area contributed by atoms with E-state index in [4.69, 9.17) is 9.47 Å². The predicted molar refractivity (Wildman–Crippen MR) is 83.8 cm³/mol. The van der Waals surface area contributed by atoms with Gasteiger partial charge in [0.1, 0.15) is 6.10 Å². The molecular formula is C18H19NO5. The largest absolute Gasteiger partial charge is 0.462 e. The number of fused-ring (bicyclic) bond motifs is 1. The van der Waals surface area contributed by atoms with Crippen LogP contribution in [0.15, 0.2) is 24.3 Å². The quantitative estimate of drug-likeness (QED) is 0.850. The van der Waals surface area contributed by atoms with Gasteiger partial charge in [0.05, 0.1) is 11.8 Å². The monoisotopic (exact) mass is 329 g/mol. The highest BCUT2D eigenvalue weighted by Gasteiger charge is 2.64. The molecule has 0 spiro atoms. The van der Waals surface area contributed by atoms with Crippen LogP contribution in [0.3, 0.4) is 0 Å². The van der Waals surface area contributed by atoms with Gasteiger partial charge in [-0.25, -0.2) is 0 Å². The number of amides is 1. The number of esters is 2. The average Bonchev–Trinajstić information content (AvgIpc) is 3.14. The van der Waals surface area contributed by atoms with Gasteiger partial charge in [0.25, 0.3) is 5.91 Å². The molecule has 6 heteroatoms. The summed E-state index contributed by atoms with van der Waals surface area (Å²) in [6.45, 7) is 1.59. The Hall–Kier alpha value is -2.37. The van der Waals surface area contributed by atoms with Gasteiger partial charge in [0.15, 0.2) is 6.61 Å². The van der Waals surface area contributed by atoms with E-state index >= 15 is 0 Å². The third-order valence-corrected chi connectivity index (χ3v) is 5.40. The number of nitrogens with one attached hydrogen (secondary N) is 1. The molecule has 126 valence electrons. The Morgan fingerprint density at radius 3 is 2.96 bits per heavy atom. The molecule has 2 aliphatic carbocycles. The Bertz CT molecular complexity index is 713. The van der Waals surface area contributed by atoms with Crippen molar-refractivity contribution in [2.24, 2.45) is 23.7 Å². The SMILES string of the molecule is Cc1cccc(NC(=O)COC(=O)[C@H]2[C@@H]3C[C@H]4[C@@H]2C(=O)O[C@@H]4C3)c1. The second kappa shape index (κ2) is 5.61. The van der Waals surface area contributed by atoms with Crippen molar-refractivity contribution in [3.8, 4) is 0 Å². The molecule has 1 saturated heterocycles. The van der Waals surface area contributed by atoms with Crippen LogP contribution in [0.4, 0.5) is 5.69 Å². The van der Waals surface area contributed by atoms with E-state index in [0.29, 0.717) is 5.69 Å². The van der Waals surface area contributed by atoms with E-state index in [9.17, 15) is 14.4 Å². The first-order valence-corrected chi connectivity index (χ1v) is 8.26. The molecule has 1 aromatic carbocycles. The molecule has 0 unspecified atom stereocenters. The molecule has 3 fully saturated rings. The first kappa shape index (κ1) is 15.2. The van der Waals surface area contributed by atoms with Crippen LogP contribution in [0, 0.1) is 30.6 Å². The zero-order chi connectivity index (χ0) is 16.8. The van der Waals surface area contributed by atoms with Crippen LogP contribution in [-0.2, 0) is 23.9 Å². The van der Waals surface area contributed by atoms with Crippen LogP contribution in [0.1, 0.15) is 18.4 Å². The number of hydrogen-bond donors (Lipinski definition) is 1. The summed E-state index contributed by atoms with van der Waals surface area (Å²) in [4.78, 5) is 36.2. The zero-order valence-electron chi connectivity index (χ0n) is 13.4. The van der Waals surface area contributed by atoms with E-state index in [1.807, 2.05) is 25.1 Å². The number of ether oxygens (including phenoxy) is 2. The average molecular weight is 329 g/mol. The fourth-order valence-electron chi connectivity index (χ4n) is 4.48. The molecule has 6 nitrogen and oxygen atoms in total. The van der Waals surface area contributed by atoms with Crippen molar-refractivity contribution in [3.05, 3.63) is 29.8 Å². The van der Waals surface area contributed by atoms with E-state index in [2.05, 4.69) is 5.32 Å². The number of carbonyl (C=O) groups excluding carboxylic acids is 3. The lowest BCUT2D eigenvalue weighted by molar-refractivity contribution is -0.157. The number of aryl methyl sites for hydroxylation is 1. The molecule has 2 bridgehead atoms. The van der Waals surface area contributed by atoms with E-state index in [-0.39, 0.29) is 42.3 Å². The van der Waals surface area contributed by atoms with Gasteiger partial charge < -0.3 is 14.8 Å². The van der Waals surface area contributed by atoms with Crippen molar-refractivity contribution < 1.29 is 23.9 Å². The van der Waals surface area contributed by atoms with E-state index in [0.717, 1.165) is 18.4 Å². The summed E-state index contributed by atoms with van der Waals surface area (Å²) in [5.41, 5.74) is 1.69. The summed E-state index contributed by atoms with van der Waals surface area (Å²) in [5.74, 6) is -1.65. The van der Waals surface area contributed by atoms with Crippen LogP contribution < -0.4 is 5.32 Å². The Balaban J connectivity index is 1.34. The molecular weight excluding hydrogens is 310 g/mol. The predicted octanol–water partition coefficient (Wildman–Crippen LogP) is 1.67. The number of rotatable bonds is 4. The normalized spacial score (nSPS) is 32.5. The molecule has 1 N–H and O–H groups in total. The molecule has 1 amide bonds. The standard InChI is InChI=1S/C18H19NO5/c1-9-3-2-4-11(5-9)19-14(20)8-23-17(21)15-10-6-12-13(7-10)24-18(22)16(12)15/h2-5,10,12-13,15-16H,6-8H2,1H3,(H,19,20)/t10-,12-,13-,15+,16+/m1/s1. The molecule has 0 aromatic heterocycles. The molecule has 2 saturated carbocycles. The topological polar surface area (TPSA) is 81.7 Å². The first-order chi connectivity index (χ1) is 11.5. The lowest BCUT2D eigenvalue weighted by Crippen LogP contribution is -2.34. The van der Waals surface area contributed by atoms with Crippen LogP contribution in [0.2, 0.25) is 0 Å². The van der Waals surface area contributed by atoms with Gasteiger partial charge in [-0.05, 0) is 43.4 Å². The fraction of sp³-hybridized carbons (Fsp3) is 0.500. The highest BCUT2D eigenvalue weighted by atomic mass is 16.6. The molecule has 0 radical (unpaired) electrons. The Morgan fingerprint density at radius 2 is 2.17 bits per heavy atom. The first-order valence-electron chi connectivity index (χ1n) is 8.26. The van der Waals surface area contributed by atoms with Gasteiger partial charge in [-0.2, -0.15) is 0 Å². The smallest absolute Gasteiger partial charge is 0.310 e. The minimum Gasteiger partial charge on any atom is -0.462 e. The maximum atomic E-state index is 12.4. The van der Waals surface area contributed by atoms with Crippen molar-refractivity contribution in [3.63, 3.8) is 0 Å². The highest BCUT2D eigenvalue weighted by Crippen LogP contribution is 2.57. The number of anilines is 1. The van der Waals surface area contributed by atoms with Crippen molar-refractivity contribution in [2.75, 3.05) is 11.9 Å². The minimum absolute atomic E-state index is 0.0128. The van der Waals surface area contributed by atoms with Gasteiger partial charge in [-0.1, -0.05) is 12.1 Å². The third kappa shape index (κ3) is 2.46. The summed E-state index contributed by atoms with van der Waals surface area (Å²) in [6.07, 6.45) is 1.57. The number of carbonyl (C=O) groups is 3. The Morgan fingerprint density at radius 1 is 1.33 bits per heavy atom. The van der Waals surface area contributed by atoms with Gasteiger partial charge in [-0.15, -0.1) is 0 Å². The van der Waals surface area contributed by atoms with Crippen molar-refractivity contribution in [1.82, 2.24) is 0 Å². The van der Waals surface area contributed by atoms with Gasteiger partial charge in [0, 0.05) is 11.6 Å². The minimum atomic E-state index is -0.454. The maximum absolute atomic E-state index is 12.4. The summed E-state index contributed by atoms with van der Waals surface area (Å²) in [7, 11) is 0. The lowest BCUT2D eigenvalue weighted by atomic mass is 9.80. The Labute approximate surface area is 139 Å². The van der Waals surface area contributed by atoms with Gasteiger partial charge in [-0.3, -0.25) is 14.4 Å². The van der Waals surface area contributed by atoms with Crippen LogP contribution in [-0.4, -0.2) is 30.6 Å². The molecule has 4 rings (SSSR count). The van der Waals surface area contributed by atoms with Gasteiger partial charge >= 0.3 is 11.9 Å². The van der Waals surface area contributed by atoms with Crippen LogP contribution in [0.5, 0.6) is 0 Å². The second-order valence-electron chi connectivity index (χ2n) is 6.95. The van der Waals surface area contributed by atoms with Crippen molar-refractivity contribution in [2.45, 2.75) is 25.9 Å². The summed E-state index contributed by atoms with van der Waals surface area (Å²) in [6, 6.07) is 7.38. The molecule has 1 heterocycles. The van der Waals surface area contributed by atoms with Gasteiger partial charge in [0.2, 0.25) is 0 Å². The van der Waals surface area contributed by atoms with Crippen molar-refractivity contribution in [1.29, 1.82) is 0 Å². The lowest BCUT2D eigenvalue weighted by Gasteiger charge is -2.22. The highest BCUT2D eigenvalue weighted by molar-refractivity contribution is 5.93. The van der Waals surface area contributed by atoms with E-state index < -0.39 is 11.9 Å². The Kier molecular flexibility index (Phi) is 3.55. The van der Waals surface area contributed by atoms with Crippen LogP contribution >= 0.6 is 0 Å². The summed E-state index contributed by atoms with van der Waals surface area (Å²) in [5, 5.41) is 2.70. The zero-order valence-corrected chi connectivity index (χ0v) is 13.4. The molecule has 3 aliphatic rings. The van der Waals surface area contributed by atoms with Crippen LogP contribution in [0.25, 0.3) is 0 Å². The van der Waals surface area contributed by atoms with Crippen molar-refractivity contribution >= 4 is 23.5 Å². The fourth-order valence-corrected chi connectivity index (χ4v) is 4.48. The van der Waals surface area contributed by atoms with E-state index in [1.165, 1.54) is 0 Å². The van der Waals surface area contributed by atoms with E-state index in [1.54, 1.807) is 6.07 Å². The molecule has 1 aliphatic heterocycles. The third-order valence-electron chi connectivity index (χ3n) is 5.40. The summed E-state index contributed by atoms with van der Waals surface area (Å²) >= 11 is 0. The second-order valence-corrected chi connectivity index (χ2v) is 6.95. The maximum Gasteiger partial charge on any atom is 0.310 e. The summed E-state index contributed by atoms with van der Waals surface area (Å²) < 4.78 is 10.5. The number of benzene rings is 1. The molecule has 5 atom stereocenters. The molecule has 24 heavy (non-hydrogen) atoms. The molecule has 1 aromatic rings. The number of hydrogen-bond acceptors (Lipinski definition) is 5.